The van der Waals surface area contributed by atoms with Crippen LogP contribution in [0.1, 0.15) is 52.9 Å². The average Bonchev–Trinajstić information content (AvgIpc) is 2.48. The monoisotopic (exact) mass is 296 g/mol. The molecule has 2 rings (SSSR count). The Morgan fingerprint density at radius 3 is 2.24 bits per heavy atom. The van der Waals surface area contributed by atoms with E-state index in [-0.39, 0.29) is 5.91 Å². The van der Waals surface area contributed by atoms with Gasteiger partial charge in [0.05, 0.1) is 12.0 Å². The summed E-state index contributed by atoms with van der Waals surface area (Å²) >= 11 is 0. The first-order chi connectivity index (χ1) is 9.93. The van der Waals surface area contributed by atoms with E-state index in [1.54, 1.807) is 0 Å². The molecular formula is C17H32N2O2. The lowest BCUT2D eigenvalue weighted by atomic mass is 9.85. The molecule has 0 radical (unpaired) electrons. The van der Waals surface area contributed by atoms with Gasteiger partial charge in [-0.2, -0.15) is 0 Å². The number of piperidine rings is 2. The quantitative estimate of drug-likeness (QED) is 0.864. The van der Waals surface area contributed by atoms with E-state index in [2.05, 4.69) is 25.7 Å². The van der Waals surface area contributed by atoms with Gasteiger partial charge in [-0.1, -0.05) is 20.8 Å². The van der Waals surface area contributed by atoms with E-state index in [0.717, 1.165) is 64.3 Å². The Kier molecular flexibility index (Phi) is 5.67. The van der Waals surface area contributed by atoms with Crippen LogP contribution in [-0.4, -0.2) is 59.1 Å². The molecule has 122 valence electrons. The van der Waals surface area contributed by atoms with Gasteiger partial charge in [-0.05, 0) is 44.1 Å². The van der Waals surface area contributed by atoms with Crippen LogP contribution in [0.2, 0.25) is 0 Å². The van der Waals surface area contributed by atoms with E-state index in [0.29, 0.717) is 12.3 Å². The first-order valence-electron chi connectivity index (χ1n) is 8.66. The van der Waals surface area contributed by atoms with Crippen molar-refractivity contribution in [2.24, 2.45) is 11.8 Å². The van der Waals surface area contributed by atoms with Gasteiger partial charge in [0.2, 0.25) is 5.91 Å². The number of amides is 1. The number of hydrogen-bond acceptors (Lipinski definition) is 3. The summed E-state index contributed by atoms with van der Waals surface area (Å²) in [5.74, 6) is 1.62. The highest BCUT2D eigenvalue weighted by molar-refractivity contribution is 5.77. The largest absolute Gasteiger partial charge is 0.389 e. The van der Waals surface area contributed by atoms with Crippen molar-refractivity contribution in [1.82, 2.24) is 9.80 Å². The molecule has 0 unspecified atom stereocenters. The zero-order valence-corrected chi connectivity index (χ0v) is 14.0. The number of aliphatic hydroxyl groups is 1. The smallest absolute Gasteiger partial charge is 0.225 e. The van der Waals surface area contributed by atoms with Crippen molar-refractivity contribution in [3.63, 3.8) is 0 Å². The Labute approximate surface area is 129 Å². The fourth-order valence-electron chi connectivity index (χ4n) is 3.67. The summed E-state index contributed by atoms with van der Waals surface area (Å²) in [6, 6.07) is 0. The molecule has 0 aromatic rings. The van der Waals surface area contributed by atoms with Crippen molar-refractivity contribution < 1.29 is 9.90 Å². The first kappa shape index (κ1) is 16.8. The minimum Gasteiger partial charge on any atom is -0.389 e. The number of carbonyl (C=O) groups excluding carboxylic acids is 1. The third-order valence-corrected chi connectivity index (χ3v) is 5.55. The van der Waals surface area contributed by atoms with Crippen molar-refractivity contribution >= 4 is 5.91 Å². The fourth-order valence-corrected chi connectivity index (χ4v) is 3.67. The van der Waals surface area contributed by atoms with Crippen LogP contribution < -0.4 is 0 Å². The van der Waals surface area contributed by atoms with Crippen molar-refractivity contribution in [2.45, 2.75) is 58.5 Å². The van der Waals surface area contributed by atoms with Crippen LogP contribution in [0.5, 0.6) is 0 Å². The highest BCUT2D eigenvalue weighted by atomic mass is 16.3. The summed E-state index contributed by atoms with van der Waals surface area (Å²) in [5, 5.41) is 10.7. The molecule has 0 saturated carbocycles. The van der Waals surface area contributed by atoms with E-state index in [1.807, 2.05) is 4.90 Å². The normalized spacial score (nSPS) is 24.5. The van der Waals surface area contributed by atoms with Crippen molar-refractivity contribution in [3.8, 4) is 0 Å². The molecule has 1 N–H and O–H groups in total. The maximum atomic E-state index is 12.5. The number of likely N-dealkylation sites (tertiary alicyclic amines) is 2. The lowest BCUT2D eigenvalue weighted by molar-refractivity contribution is -0.140. The SMILES string of the molecule is CCN1CCC(O)(CC(=O)N2CCC(C(C)C)CC2)CC1. The zero-order chi connectivity index (χ0) is 15.5. The summed E-state index contributed by atoms with van der Waals surface area (Å²) in [7, 11) is 0. The van der Waals surface area contributed by atoms with Crippen LogP contribution in [0.15, 0.2) is 0 Å². The van der Waals surface area contributed by atoms with Crippen LogP contribution in [-0.2, 0) is 4.79 Å². The maximum Gasteiger partial charge on any atom is 0.225 e. The van der Waals surface area contributed by atoms with Gasteiger partial charge in [-0.25, -0.2) is 0 Å². The number of rotatable bonds is 4. The third kappa shape index (κ3) is 4.43. The molecule has 0 atom stereocenters. The maximum absolute atomic E-state index is 12.5. The van der Waals surface area contributed by atoms with Crippen LogP contribution in [0, 0.1) is 11.8 Å². The molecule has 1 amide bonds. The van der Waals surface area contributed by atoms with Gasteiger partial charge in [0.1, 0.15) is 0 Å². The standard InChI is InChI=1S/C17H32N2O2/c1-4-18-11-7-17(21,8-12-18)13-16(20)19-9-5-15(6-10-19)14(2)3/h14-15,21H,4-13H2,1-3H3. The van der Waals surface area contributed by atoms with Crippen LogP contribution in [0.25, 0.3) is 0 Å². The molecule has 0 aliphatic carbocycles. The Bertz CT molecular complexity index is 341. The Hall–Kier alpha value is -0.610. The second-order valence-corrected chi connectivity index (χ2v) is 7.30. The molecule has 0 aromatic carbocycles. The van der Waals surface area contributed by atoms with Gasteiger partial charge in [0.25, 0.3) is 0 Å². The van der Waals surface area contributed by atoms with E-state index in [1.165, 1.54) is 0 Å². The first-order valence-corrected chi connectivity index (χ1v) is 8.66. The zero-order valence-electron chi connectivity index (χ0n) is 14.0. The third-order valence-electron chi connectivity index (χ3n) is 5.55. The summed E-state index contributed by atoms with van der Waals surface area (Å²) < 4.78 is 0. The highest BCUT2D eigenvalue weighted by Gasteiger charge is 2.36. The van der Waals surface area contributed by atoms with Crippen molar-refractivity contribution in [1.29, 1.82) is 0 Å². The molecule has 2 fully saturated rings. The van der Waals surface area contributed by atoms with Crippen molar-refractivity contribution in [2.75, 3.05) is 32.7 Å². The van der Waals surface area contributed by atoms with E-state index >= 15 is 0 Å². The topological polar surface area (TPSA) is 43.8 Å². The molecule has 0 aromatic heterocycles. The summed E-state index contributed by atoms with van der Waals surface area (Å²) in [6.07, 6.45) is 4.01. The van der Waals surface area contributed by atoms with E-state index in [4.69, 9.17) is 0 Å². The number of carbonyl (C=O) groups is 1. The van der Waals surface area contributed by atoms with Gasteiger partial charge < -0.3 is 14.9 Å². The minimum atomic E-state index is -0.766. The van der Waals surface area contributed by atoms with Gasteiger partial charge in [-0.15, -0.1) is 0 Å². The van der Waals surface area contributed by atoms with Crippen LogP contribution in [0.3, 0.4) is 0 Å². The predicted octanol–water partition coefficient (Wildman–Crippen LogP) is 2.12. The average molecular weight is 296 g/mol. The molecule has 2 heterocycles. The summed E-state index contributed by atoms with van der Waals surface area (Å²) in [6.45, 7) is 11.3. The second-order valence-electron chi connectivity index (χ2n) is 7.30. The second kappa shape index (κ2) is 7.10. The van der Waals surface area contributed by atoms with Crippen LogP contribution in [0.4, 0.5) is 0 Å². The number of nitrogens with zero attached hydrogens (tertiary/aromatic N) is 2. The summed E-state index contributed by atoms with van der Waals surface area (Å²) in [5.41, 5.74) is -0.766. The molecule has 21 heavy (non-hydrogen) atoms. The highest BCUT2D eigenvalue weighted by Crippen LogP contribution is 2.29. The lowest BCUT2D eigenvalue weighted by Crippen LogP contribution is -2.48. The molecule has 4 heteroatoms. The van der Waals surface area contributed by atoms with Gasteiger partial charge in [0, 0.05) is 26.2 Å². The van der Waals surface area contributed by atoms with E-state index in [9.17, 15) is 9.90 Å². The molecule has 2 aliphatic rings. The van der Waals surface area contributed by atoms with Crippen LogP contribution >= 0.6 is 0 Å². The minimum absolute atomic E-state index is 0.157. The Balaban J connectivity index is 1.79. The molecule has 2 aliphatic heterocycles. The molecule has 0 spiro atoms. The molecule has 0 bridgehead atoms. The Morgan fingerprint density at radius 2 is 1.76 bits per heavy atom. The molecule has 2 saturated heterocycles. The fraction of sp³-hybridized carbons (Fsp3) is 0.941. The van der Waals surface area contributed by atoms with Crippen molar-refractivity contribution in [3.05, 3.63) is 0 Å². The van der Waals surface area contributed by atoms with Gasteiger partial charge in [0.15, 0.2) is 0 Å². The molecular weight excluding hydrogens is 264 g/mol. The summed E-state index contributed by atoms with van der Waals surface area (Å²) in [4.78, 5) is 16.8. The predicted molar refractivity (Wildman–Crippen MR) is 85.1 cm³/mol. The lowest BCUT2D eigenvalue weighted by Gasteiger charge is -2.40. The number of hydrogen-bond donors (Lipinski definition) is 1. The van der Waals surface area contributed by atoms with Gasteiger partial charge in [-0.3, -0.25) is 4.79 Å². The van der Waals surface area contributed by atoms with E-state index < -0.39 is 5.60 Å². The Morgan fingerprint density at radius 1 is 1.19 bits per heavy atom. The van der Waals surface area contributed by atoms with Gasteiger partial charge >= 0.3 is 0 Å². The molecule has 4 nitrogen and oxygen atoms in total.